The summed E-state index contributed by atoms with van der Waals surface area (Å²) in [5, 5.41) is 4.37. The van der Waals surface area contributed by atoms with Gasteiger partial charge >= 0.3 is 0 Å². The maximum absolute atomic E-state index is 13.0. The molecule has 4 aromatic rings. The quantitative estimate of drug-likeness (QED) is 0.532. The van der Waals surface area contributed by atoms with Crippen molar-refractivity contribution in [1.82, 2.24) is 14.6 Å². The van der Waals surface area contributed by atoms with Crippen molar-refractivity contribution in [3.63, 3.8) is 0 Å². The molecule has 0 unspecified atom stereocenters. The van der Waals surface area contributed by atoms with E-state index >= 15 is 0 Å². The molecule has 0 spiro atoms. The second-order valence-electron chi connectivity index (χ2n) is 7.42. The van der Waals surface area contributed by atoms with Crippen LogP contribution >= 0.6 is 11.3 Å². The van der Waals surface area contributed by atoms with Crippen LogP contribution in [0.2, 0.25) is 0 Å². The van der Waals surface area contributed by atoms with Gasteiger partial charge in [0.15, 0.2) is 5.82 Å². The summed E-state index contributed by atoms with van der Waals surface area (Å²) in [6.45, 7) is 6.49. The highest BCUT2D eigenvalue weighted by Gasteiger charge is 2.15. The Hall–Kier alpha value is -2.86. The van der Waals surface area contributed by atoms with Gasteiger partial charge in [-0.05, 0) is 34.8 Å². The molecule has 0 amide bonds. The largest absolute Gasteiger partial charge is 0.291 e. The van der Waals surface area contributed by atoms with E-state index in [1.165, 1.54) is 33.5 Å². The predicted octanol–water partition coefficient (Wildman–Crippen LogP) is 3.80. The van der Waals surface area contributed by atoms with Crippen LogP contribution in [0.5, 0.6) is 0 Å². The summed E-state index contributed by atoms with van der Waals surface area (Å²) < 4.78 is 14.9. The first-order valence-corrected chi connectivity index (χ1v) is 9.41. The second-order valence-corrected chi connectivity index (χ2v) is 8.43. The van der Waals surface area contributed by atoms with E-state index in [9.17, 15) is 9.18 Å². The summed E-state index contributed by atoms with van der Waals surface area (Å²) in [6, 6.07) is 14.1. The van der Waals surface area contributed by atoms with E-state index in [0.29, 0.717) is 15.3 Å². The van der Waals surface area contributed by atoms with Crippen LogP contribution in [0.1, 0.15) is 31.9 Å². The van der Waals surface area contributed by atoms with Gasteiger partial charge in [-0.25, -0.2) is 4.39 Å². The number of nitrogens with zero attached hydrogens (tertiary/aromatic N) is 3. The van der Waals surface area contributed by atoms with Gasteiger partial charge in [0.1, 0.15) is 5.82 Å². The van der Waals surface area contributed by atoms with Crippen LogP contribution in [-0.4, -0.2) is 14.6 Å². The smallest absolute Gasteiger partial charge is 0.266 e. The summed E-state index contributed by atoms with van der Waals surface area (Å²) in [6.07, 6.45) is 1.72. The summed E-state index contributed by atoms with van der Waals surface area (Å²) in [5.74, 6) is 0.228. The molecular formula is C21H18FN3OS. The Balaban J connectivity index is 1.72. The number of benzene rings is 2. The first-order chi connectivity index (χ1) is 12.8. The molecule has 0 saturated carbocycles. The number of aromatic nitrogens is 3. The predicted molar refractivity (Wildman–Crippen MR) is 106 cm³/mol. The Kier molecular flexibility index (Phi) is 4.15. The highest BCUT2D eigenvalue weighted by atomic mass is 32.1. The summed E-state index contributed by atoms with van der Waals surface area (Å²) in [7, 11) is 0. The first kappa shape index (κ1) is 17.5. The Labute approximate surface area is 159 Å². The molecule has 0 bridgehead atoms. The van der Waals surface area contributed by atoms with Crippen molar-refractivity contribution in [2.24, 2.45) is 0 Å². The number of hydrogen-bond acceptors (Lipinski definition) is 4. The second kappa shape index (κ2) is 6.39. The van der Waals surface area contributed by atoms with E-state index in [-0.39, 0.29) is 16.8 Å². The fourth-order valence-electron chi connectivity index (χ4n) is 2.79. The summed E-state index contributed by atoms with van der Waals surface area (Å²) >= 11 is 1.27. The molecule has 0 atom stereocenters. The van der Waals surface area contributed by atoms with Crippen molar-refractivity contribution in [2.75, 3.05) is 0 Å². The highest BCUT2D eigenvalue weighted by molar-refractivity contribution is 7.15. The number of fused-ring (bicyclic) bond motifs is 1. The van der Waals surface area contributed by atoms with Crippen LogP contribution in [-0.2, 0) is 5.41 Å². The molecule has 2 aromatic heterocycles. The third kappa shape index (κ3) is 3.40. The average molecular weight is 379 g/mol. The molecule has 4 nitrogen and oxygen atoms in total. The van der Waals surface area contributed by atoms with Gasteiger partial charge in [0.2, 0.25) is 4.96 Å². The number of rotatable bonds is 2. The molecule has 0 saturated heterocycles. The van der Waals surface area contributed by atoms with Crippen molar-refractivity contribution in [2.45, 2.75) is 26.2 Å². The minimum atomic E-state index is -0.306. The zero-order chi connectivity index (χ0) is 19.2. The molecule has 6 heteroatoms. The third-order valence-electron chi connectivity index (χ3n) is 4.36. The van der Waals surface area contributed by atoms with Crippen molar-refractivity contribution in [3.8, 4) is 11.4 Å². The topological polar surface area (TPSA) is 47.3 Å². The van der Waals surface area contributed by atoms with Gasteiger partial charge in [-0.2, -0.15) is 9.50 Å². The van der Waals surface area contributed by atoms with E-state index in [1.54, 1.807) is 18.2 Å². The van der Waals surface area contributed by atoms with Crippen LogP contribution in [0.25, 0.3) is 22.4 Å². The fraction of sp³-hybridized carbons (Fsp3) is 0.190. The van der Waals surface area contributed by atoms with Crippen molar-refractivity contribution >= 4 is 22.4 Å². The molecule has 0 radical (unpaired) electrons. The van der Waals surface area contributed by atoms with Gasteiger partial charge in [-0.15, -0.1) is 5.10 Å². The van der Waals surface area contributed by atoms with Crippen LogP contribution in [0.4, 0.5) is 4.39 Å². The van der Waals surface area contributed by atoms with Gasteiger partial charge in [0.05, 0.1) is 4.53 Å². The normalized spacial score (nSPS) is 12.8. The lowest BCUT2D eigenvalue weighted by atomic mass is 9.87. The number of thiazole rings is 1. The Morgan fingerprint density at radius 2 is 1.70 bits per heavy atom. The van der Waals surface area contributed by atoms with Crippen molar-refractivity contribution in [3.05, 3.63) is 80.4 Å². The highest BCUT2D eigenvalue weighted by Crippen LogP contribution is 2.25. The van der Waals surface area contributed by atoms with E-state index < -0.39 is 0 Å². The molecule has 0 aliphatic rings. The van der Waals surface area contributed by atoms with E-state index in [1.807, 2.05) is 12.1 Å². The average Bonchev–Trinajstić information content (AvgIpc) is 3.16. The Bertz CT molecular complexity index is 1220. The van der Waals surface area contributed by atoms with Gasteiger partial charge in [0.25, 0.3) is 5.56 Å². The molecule has 136 valence electrons. The summed E-state index contributed by atoms with van der Waals surface area (Å²) in [4.78, 5) is 17.6. The number of halogens is 1. The Morgan fingerprint density at radius 3 is 2.30 bits per heavy atom. The zero-order valence-electron chi connectivity index (χ0n) is 15.2. The van der Waals surface area contributed by atoms with E-state index in [0.717, 1.165) is 11.1 Å². The van der Waals surface area contributed by atoms with E-state index in [2.05, 4.69) is 43.0 Å². The molecular weight excluding hydrogens is 361 g/mol. The zero-order valence-corrected chi connectivity index (χ0v) is 16.0. The minimum absolute atomic E-state index is 0.0772. The monoisotopic (exact) mass is 379 g/mol. The van der Waals surface area contributed by atoms with Crippen molar-refractivity contribution in [1.29, 1.82) is 0 Å². The van der Waals surface area contributed by atoms with Gasteiger partial charge in [-0.1, -0.05) is 68.5 Å². The van der Waals surface area contributed by atoms with Crippen LogP contribution in [0, 0.1) is 5.82 Å². The molecule has 2 aromatic carbocycles. The van der Waals surface area contributed by atoms with Crippen molar-refractivity contribution < 1.29 is 4.39 Å². The van der Waals surface area contributed by atoms with Crippen LogP contribution in [0.3, 0.4) is 0 Å². The lowest BCUT2D eigenvalue weighted by Crippen LogP contribution is -2.23. The van der Waals surface area contributed by atoms with E-state index in [4.69, 9.17) is 0 Å². The first-order valence-electron chi connectivity index (χ1n) is 8.59. The molecule has 0 N–H and O–H groups in total. The standard InChI is InChI=1S/C21H18FN3OS/c1-21(2,3)15-8-6-14(7-9-15)18-23-20-25(24-18)19(26)17(27-20)12-13-4-10-16(22)11-5-13/h4-12H,1-3H3. The SMILES string of the molecule is CC(C)(C)c1ccc(-c2nc3sc(=Cc4ccc(F)cc4)c(=O)n3n2)cc1. The fourth-order valence-corrected chi connectivity index (χ4v) is 3.69. The maximum Gasteiger partial charge on any atom is 0.291 e. The van der Waals surface area contributed by atoms with Gasteiger partial charge in [0, 0.05) is 5.56 Å². The molecule has 0 fully saturated rings. The molecule has 27 heavy (non-hydrogen) atoms. The third-order valence-corrected chi connectivity index (χ3v) is 5.32. The van der Waals surface area contributed by atoms with Crippen LogP contribution in [0.15, 0.2) is 53.3 Å². The Morgan fingerprint density at radius 1 is 1.04 bits per heavy atom. The maximum atomic E-state index is 13.0. The van der Waals surface area contributed by atoms with Gasteiger partial charge in [-0.3, -0.25) is 4.79 Å². The summed E-state index contributed by atoms with van der Waals surface area (Å²) in [5.41, 5.74) is 2.73. The molecule has 2 heterocycles. The number of hydrogen-bond donors (Lipinski definition) is 0. The van der Waals surface area contributed by atoms with Gasteiger partial charge < -0.3 is 0 Å². The molecule has 4 rings (SSSR count). The van der Waals surface area contributed by atoms with Crippen LogP contribution < -0.4 is 10.1 Å². The lowest BCUT2D eigenvalue weighted by Gasteiger charge is -2.18. The molecule has 0 aliphatic carbocycles. The lowest BCUT2D eigenvalue weighted by molar-refractivity contribution is 0.590. The molecule has 0 aliphatic heterocycles. The minimum Gasteiger partial charge on any atom is -0.266 e.